The summed E-state index contributed by atoms with van der Waals surface area (Å²) in [6.45, 7) is 6.06. The Balaban J connectivity index is 0.000000146. The molecule has 0 spiro atoms. The number of allylic oxidation sites excluding steroid dienone is 2. The number of nitrogens with one attached hydrogen (secondary N) is 1. The van der Waals surface area contributed by atoms with Crippen molar-refractivity contribution in [2.75, 3.05) is 14.2 Å². The lowest BCUT2D eigenvalue weighted by atomic mass is 10.0. The fraction of sp³-hybridized carbons (Fsp3) is 0.0933. The minimum absolute atomic E-state index is 0.105. The number of halogens is 4. The Morgan fingerprint density at radius 2 is 1.03 bits per heavy atom. The van der Waals surface area contributed by atoms with E-state index in [1.165, 1.54) is 17.7 Å². The van der Waals surface area contributed by atoms with Gasteiger partial charge in [0.2, 0.25) is 5.88 Å². The summed E-state index contributed by atoms with van der Waals surface area (Å²) in [6.07, 6.45) is 16.0. The fourth-order valence-electron chi connectivity index (χ4n) is 10.3. The van der Waals surface area contributed by atoms with Crippen molar-refractivity contribution in [1.29, 1.82) is 10.5 Å². The molecule has 0 fully saturated rings. The summed E-state index contributed by atoms with van der Waals surface area (Å²) in [5.74, 6) is 0.232. The normalized spacial score (nSPS) is 11.4. The molecule has 4 heterocycles. The molecule has 1 amide bonds. The number of nitrogens with zero attached hydrogens (tertiary/aromatic N) is 6. The number of benzene rings is 8. The maximum Gasteiger partial charge on any atom is 0.251 e. The molecule has 0 saturated heterocycles. The molecular weight excluding hydrogens is 1160 g/mol. The molecule has 8 aromatic carbocycles. The summed E-state index contributed by atoms with van der Waals surface area (Å²) in [6, 6.07) is 66.3. The number of carbonyl (C=O) groups is 1. The number of hydrogen-bond acceptors (Lipinski definition) is 5. The Bertz CT molecular complexity index is 4640. The van der Waals surface area contributed by atoms with Crippen molar-refractivity contribution in [2.24, 2.45) is 0 Å². The molecule has 434 valence electrons. The van der Waals surface area contributed by atoms with Crippen LogP contribution in [0.25, 0.3) is 68.2 Å². The highest BCUT2D eigenvalue weighted by Crippen LogP contribution is 2.32. The first-order valence-electron chi connectivity index (χ1n) is 28.2. The van der Waals surface area contributed by atoms with Crippen LogP contribution in [-0.4, -0.2) is 38.7 Å². The van der Waals surface area contributed by atoms with Crippen molar-refractivity contribution in [3.63, 3.8) is 0 Å². The van der Waals surface area contributed by atoms with Gasteiger partial charge in [-0.1, -0.05) is 185 Å². The monoisotopic (exact) mass is 1210 g/mol. The lowest BCUT2D eigenvalue weighted by Gasteiger charge is -2.06. The zero-order valence-corrected chi connectivity index (χ0v) is 51.0. The van der Waals surface area contributed by atoms with E-state index in [2.05, 4.69) is 66.9 Å². The second-order valence-electron chi connectivity index (χ2n) is 21.1. The number of pyridine rings is 1. The summed E-state index contributed by atoms with van der Waals surface area (Å²) in [4.78, 5) is 16.0. The van der Waals surface area contributed by atoms with Gasteiger partial charge < -0.3 is 23.8 Å². The first-order valence-corrected chi connectivity index (χ1v) is 29.4. The van der Waals surface area contributed by atoms with Gasteiger partial charge in [0.05, 0.1) is 46.9 Å². The zero-order chi connectivity index (χ0) is 61.7. The summed E-state index contributed by atoms with van der Waals surface area (Å²) in [5.41, 5.74) is 16.4. The van der Waals surface area contributed by atoms with Gasteiger partial charge in [-0.3, -0.25) is 4.79 Å². The topological polar surface area (TPSA) is 114 Å². The maximum absolute atomic E-state index is 13.2. The average molecular weight is 1220 g/mol. The van der Waals surface area contributed by atoms with Gasteiger partial charge in [-0.15, -0.1) is 0 Å². The van der Waals surface area contributed by atoms with Crippen LogP contribution in [0, 0.1) is 42.3 Å². The van der Waals surface area contributed by atoms with Gasteiger partial charge in [0, 0.05) is 111 Å². The molecule has 0 aliphatic carbocycles. The number of rotatable bonds is 14. The van der Waals surface area contributed by atoms with E-state index in [1.54, 1.807) is 44.6 Å². The molecular formula is C75H59Cl3FN7O2. The van der Waals surface area contributed by atoms with Crippen molar-refractivity contribution >= 4 is 109 Å². The second kappa shape index (κ2) is 28.3. The third-order valence-electron chi connectivity index (χ3n) is 14.8. The summed E-state index contributed by atoms with van der Waals surface area (Å²) >= 11 is 18.8. The van der Waals surface area contributed by atoms with Crippen LogP contribution < -0.4 is 10.1 Å². The quantitative estimate of drug-likeness (QED) is 0.109. The third kappa shape index (κ3) is 15.1. The zero-order valence-electron chi connectivity index (χ0n) is 48.7. The number of hydrogen-bond donors (Lipinski definition) is 1. The molecule has 0 aliphatic heterocycles. The molecule has 0 unspecified atom stereocenters. The minimum Gasteiger partial charge on any atom is -0.481 e. The van der Waals surface area contributed by atoms with Crippen molar-refractivity contribution in [3.05, 3.63) is 307 Å². The lowest BCUT2D eigenvalue weighted by Crippen LogP contribution is -2.17. The molecule has 0 saturated carbocycles. The van der Waals surface area contributed by atoms with Crippen LogP contribution in [0.4, 0.5) is 4.39 Å². The molecule has 9 nitrogen and oxygen atoms in total. The number of methoxy groups -OCH3 is 1. The van der Waals surface area contributed by atoms with E-state index in [-0.39, 0.29) is 11.7 Å². The largest absolute Gasteiger partial charge is 0.481 e. The first kappa shape index (κ1) is 60.9. The number of aryl methyl sites for hydroxylation is 2. The van der Waals surface area contributed by atoms with E-state index >= 15 is 0 Å². The molecule has 1 N–H and O–H groups in total. The molecule has 0 bridgehead atoms. The van der Waals surface area contributed by atoms with Crippen LogP contribution >= 0.6 is 34.8 Å². The summed E-state index contributed by atoms with van der Waals surface area (Å²) in [5, 5.41) is 27.4. The van der Waals surface area contributed by atoms with E-state index in [9.17, 15) is 19.7 Å². The Kier molecular flexibility index (Phi) is 19.6. The predicted octanol–water partition coefficient (Wildman–Crippen LogP) is 18.8. The van der Waals surface area contributed by atoms with Crippen LogP contribution in [0.2, 0.25) is 15.1 Å². The van der Waals surface area contributed by atoms with E-state index in [0.29, 0.717) is 50.7 Å². The highest BCUT2D eigenvalue weighted by molar-refractivity contribution is 6.32. The van der Waals surface area contributed by atoms with Gasteiger partial charge in [-0.05, 0) is 120 Å². The number of amides is 1. The molecule has 0 radical (unpaired) electrons. The molecule has 0 atom stereocenters. The van der Waals surface area contributed by atoms with Crippen molar-refractivity contribution in [2.45, 2.75) is 33.5 Å². The Morgan fingerprint density at radius 1 is 0.534 bits per heavy atom. The highest BCUT2D eigenvalue weighted by atomic mass is 35.5. The van der Waals surface area contributed by atoms with Crippen LogP contribution in [-0.2, 0) is 19.6 Å². The van der Waals surface area contributed by atoms with Gasteiger partial charge in [0.25, 0.3) is 5.91 Å². The number of nitriles is 2. The molecule has 4 aromatic heterocycles. The van der Waals surface area contributed by atoms with Crippen LogP contribution in [0.1, 0.15) is 71.6 Å². The van der Waals surface area contributed by atoms with Gasteiger partial charge in [0.15, 0.2) is 0 Å². The van der Waals surface area contributed by atoms with E-state index in [1.807, 2.05) is 184 Å². The van der Waals surface area contributed by atoms with Gasteiger partial charge >= 0.3 is 0 Å². The van der Waals surface area contributed by atoms with Crippen LogP contribution in [0.15, 0.2) is 219 Å². The highest BCUT2D eigenvalue weighted by Gasteiger charge is 2.14. The van der Waals surface area contributed by atoms with E-state index in [0.717, 1.165) is 94.9 Å². The molecule has 0 aliphatic rings. The first-order chi connectivity index (χ1) is 42.7. The lowest BCUT2D eigenvalue weighted by molar-refractivity contribution is 0.0963. The molecule has 12 rings (SSSR count). The van der Waals surface area contributed by atoms with Crippen molar-refractivity contribution in [1.82, 2.24) is 24.0 Å². The Hall–Kier alpha value is -10.2. The van der Waals surface area contributed by atoms with Crippen molar-refractivity contribution < 1.29 is 13.9 Å². The number of fused-ring (bicyclic) bond motifs is 3. The predicted molar refractivity (Wildman–Crippen MR) is 360 cm³/mol. The van der Waals surface area contributed by atoms with E-state index < -0.39 is 0 Å². The number of aromatic nitrogens is 4. The fourth-order valence-corrected chi connectivity index (χ4v) is 10.8. The summed E-state index contributed by atoms with van der Waals surface area (Å²) in [7, 11) is 3.22. The van der Waals surface area contributed by atoms with Crippen molar-refractivity contribution in [3.8, 4) is 18.0 Å². The summed E-state index contributed by atoms with van der Waals surface area (Å²) < 4.78 is 24.8. The average Bonchev–Trinajstić information content (AvgIpc) is 2.20. The third-order valence-corrected chi connectivity index (χ3v) is 15.5. The van der Waals surface area contributed by atoms with E-state index in [4.69, 9.17) is 39.5 Å². The SMILES string of the molecule is CNC(=O)c1ccc(/C=C/c2cn(Cc3ccc(F)cc3)c3cc(Cl)ccc23)cc1.COc1ccc(Cn2cc(/C=C(\C#N)c3ccc(C)cc3)c3ccc(Cl)cc32)cn1.Cc1cccc(/C(C#N)=C/c2cn(Cc3ccccc3)c3cc(Cl)ccc23)c1. The van der Waals surface area contributed by atoms with Crippen LogP contribution in [0.5, 0.6) is 5.88 Å². The smallest absolute Gasteiger partial charge is 0.251 e. The second-order valence-corrected chi connectivity index (χ2v) is 22.4. The Labute approximate surface area is 526 Å². The minimum atomic E-state index is -0.245. The standard InChI is InChI=1S/C25H20ClFN2O.C25H20ClN3O.C25H19ClN2/c1-28-25(30)19-7-2-17(3-8-19)4-9-20-16-29(15-18-5-11-22(27)12-6-18)24-14-21(26)10-13-23(20)24;1-17-3-6-19(7-4-17)20(13-27)11-21-16-29(24-12-22(26)8-9-23(21)24)15-18-5-10-25(30-2)28-14-18;1-18-6-5-9-20(12-18)21(15-27)13-22-17-28(16-19-7-3-2-4-8-19)25-14-23(26)10-11-24(22)25/h2-14,16H,15H2,1H3,(H,28,30);3-12,14,16H,15H2,1-2H3;2-14,17H,16H2,1H3/b9-4+;20-11+;21-13+. The maximum atomic E-state index is 13.2. The van der Waals surface area contributed by atoms with Gasteiger partial charge in [0.1, 0.15) is 5.82 Å². The van der Waals surface area contributed by atoms with Crippen LogP contribution in [0.3, 0.4) is 0 Å². The number of ether oxygens (including phenoxy) is 1. The Morgan fingerprint density at radius 3 is 1.55 bits per heavy atom. The molecule has 13 heteroatoms. The van der Waals surface area contributed by atoms with Gasteiger partial charge in [-0.2, -0.15) is 10.5 Å². The molecule has 12 aromatic rings. The van der Waals surface area contributed by atoms with Gasteiger partial charge in [-0.25, -0.2) is 9.37 Å². The number of carbonyl (C=O) groups excluding carboxylic acids is 1. The molecule has 88 heavy (non-hydrogen) atoms.